The Labute approximate surface area is 65.6 Å². The van der Waals surface area contributed by atoms with Gasteiger partial charge in [-0.2, -0.15) is 0 Å². The molecule has 0 aromatic rings. The number of rotatable bonds is 4. The minimum atomic E-state index is -0.446. The number of hydrogen-bond donors (Lipinski definition) is 2. The van der Waals surface area contributed by atoms with Crippen molar-refractivity contribution in [3.63, 3.8) is 0 Å². The van der Waals surface area contributed by atoms with Gasteiger partial charge >= 0.3 is 0 Å². The second-order valence-corrected chi connectivity index (χ2v) is 2.59. The first kappa shape index (κ1) is 10.1. The van der Waals surface area contributed by atoms with E-state index in [0.29, 0.717) is 6.42 Å². The monoisotopic (exact) mass is 159 g/mol. The van der Waals surface area contributed by atoms with Crippen LogP contribution in [0.15, 0.2) is 0 Å². The zero-order valence-electron chi connectivity index (χ0n) is 6.76. The van der Waals surface area contributed by atoms with Crippen molar-refractivity contribution in [2.45, 2.75) is 26.7 Å². The molecule has 0 radical (unpaired) electrons. The van der Waals surface area contributed by atoms with Crippen LogP contribution < -0.4 is 5.48 Å². The number of carbonyl (C=O) groups excluding carboxylic acids is 2. The van der Waals surface area contributed by atoms with Crippen molar-refractivity contribution in [1.29, 1.82) is 0 Å². The highest BCUT2D eigenvalue weighted by Gasteiger charge is 2.09. The van der Waals surface area contributed by atoms with Crippen LogP contribution in [0, 0.1) is 5.92 Å². The van der Waals surface area contributed by atoms with Crippen molar-refractivity contribution < 1.29 is 14.8 Å². The molecule has 1 amide bonds. The Bertz CT molecular complexity index is 156. The van der Waals surface area contributed by atoms with Crippen molar-refractivity contribution in [2.75, 3.05) is 0 Å². The molecule has 0 aliphatic heterocycles. The molecule has 0 aliphatic carbocycles. The normalized spacial score (nSPS) is 12.3. The average molecular weight is 159 g/mol. The van der Waals surface area contributed by atoms with Crippen molar-refractivity contribution in [3.05, 3.63) is 0 Å². The smallest absolute Gasteiger partial charge is 0.243 e. The van der Waals surface area contributed by atoms with E-state index in [1.807, 2.05) is 0 Å². The average Bonchev–Trinajstić information content (AvgIpc) is 1.99. The first-order valence-electron chi connectivity index (χ1n) is 3.51. The van der Waals surface area contributed by atoms with Crippen molar-refractivity contribution in [2.24, 2.45) is 5.92 Å². The van der Waals surface area contributed by atoms with E-state index in [1.165, 1.54) is 12.4 Å². The van der Waals surface area contributed by atoms with Crippen LogP contribution in [-0.4, -0.2) is 16.9 Å². The molecule has 0 aromatic carbocycles. The first-order chi connectivity index (χ1) is 5.07. The highest BCUT2D eigenvalue weighted by molar-refractivity contribution is 5.79. The van der Waals surface area contributed by atoms with Crippen molar-refractivity contribution >= 4 is 11.7 Å². The molecule has 0 bridgehead atoms. The second kappa shape index (κ2) is 4.85. The van der Waals surface area contributed by atoms with Crippen LogP contribution in [-0.2, 0) is 9.59 Å². The Morgan fingerprint density at radius 1 is 1.55 bits per heavy atom. The molecular weight excluding hydrogens is 146 g/mol. The highest BCUT2D eigenvalue weighted by atomic mass is 16.5. The maximum absolute atomic E-state index is 10.7. The van der Waals surface area contributed by atoms with Crippen molar-refractivity contribution in [3.8, 4) is 0 Å². The topological polar surface area (TPSA) is 66.4 Å². The van der Waals surface area contributed by atoms with Crippen LogP contribution in [0.4, 0.5) is 0 Å². The molecule has 4 heteroatoms. The second-order valence-electron chi connectivity index (χ2n) is 2.59. The van der Waals surface area contributed by atoms with Gasteiger partial charge in [0.15, 0.2) is 0 Å². The number of ketones is 1. The molecule has 64 valence electrons. The third-order valence-corrected chi connectivity index (χ3v) is 1.62. The number of hydrogen-bond acceptors (Lipinski definition) is 3. The SMILES string of the molecule is CC(=O)[C@H](C)CCC(=O)NO. The Kier molecular flexibility index (Phi) is 4.45. The molecule has 0 fully saturated rings. The Morgan fingerprint density at radius 3 is 2.45 bits per heavy atom. The molecule has 0 heterocycles. The maximum Gasteiger partial charge on any atom is 0.243 e. The fraction of sp³-hybridized carbons (Fsp3) is 0.714. The molecule has 0 aliphatic rings. The van der Waals surface area contributed by atoms with Crippen LogP contribution >= 0.6 is 0 Å². The van der Waals surface area contributed by atoms with Crippen LogP contribution in [0.25, 0.3) is 0 Å². The molecular formula is C7H13NO3. The number of Topliss-reactive ketones (excluding diaryl/α,β-unsaturated/α-hetero) is 1. The van der Waals surface area contributed by atoms with E-state index in [0.717, 1.165) is 0 Å². The van der Waals surface area contributed by atoms with Gasteiger partial charge < -0.3 is 0 Å². The molecule has 0 saturated heterocycles. The summed E-state index contributed by atoms with van der Waals surface area (Å²) in [5.41, 5.74) is 1.51. The lowest BCUT2D eigenvalue weighted by Gasteiger charge is -2.04. The van der Waals surface area contributed by atoms with E-state index in [2.05, 4.69) is 0 Å². The summed E-state index contributed by atoms with van der Waals surface area (Å²) in [4.78, 5) is 21.1. The zero-order valence-corrected chi connectivity index (χ0v) is 6.76. The maximum atomic E-state index is 10.7. The summed E-state index contributed by atoms with van der Waals surface area (Å²) in [5, 5.41) is 8.10. The lowest BCUT2D eigenvalue weighted by molar-refractivity contribution is -0.129. The summed E-state index contributed by atoms with van der Waals surface area (Å²) in [6.07, 6.45) is 0.680. The number of nitrogens with one attached hydrogen (secondary N) is 1. The van der Waals surface area contributed by atoms with Crippen LogP contribution in [0.5, 0.6) is 0 Å². The lowest BCUT2D eigenvalue weighted by atomic mass is 10.0. The summed E-state index contributed by atoms with van der Waals surface area (Å²) in [5.74, 6) is -0.485. The lowest BCUT2D eigenvalue weighted by Crippen LogP contribution is -2.20. The fourth-order valence-corrected chi connectivity index (χ4v) is 0.607. The van der Waals surface area contributed by atoms with Gasteiger partial charge in [0.1, 0.15) is 5.78 Å². The summed E-state index contributed by atoms with van der Waals surface area (Å²) in [6, 6.07) is 0. The summed E-state index contributed by atoms with van der Waals surface area (Å²) < 4.78 is 0. The van der Waals surface area contributed by atoms with Gasteiger partial charge in [-0.3, -0.25) is 14.8 Å². The Balaban J connectivity index is 3.54. The van der Waals surface area contributed by atoms with E-state index in [9.17, 15) is 9.59 Å². The van der Waals surface area contributed by atoms with E-state index in [1.54, 1.807) is 6.92 Å². The summed E-state index contributed by atoms with van der Waals surface area (Å²) in [6.45, 7) is 3.24. The van der Waals surface area contributed by atoms with Gasteiger partial charge in [0.05, 0.1) is 0 Å². The molecule has 4 nitrogen and oxygen atoms in total. The molecule has 1 atom stereocenters. The van der Waals surface area contributed by atoms with Crippen LogP contribution in [0.2, 0.25) is 0 Å². The predicted molar refractivity (Wildman–Crippen MR) is 39.0 cm³/mol. The van der Waals surface area contributed by atoms with Crippen molar-refractivity contribution in [1.82, 2.24) is 5.48 Å². The van der Waals surface area contributed by atoms with Gasteiger partial charge in [0.2, 0.25) is 5.91 Å². The standard InChI is InChI=1S/C7H13NO3/c1-5(6(2)9)3-4-7(10)8-11/h5,11H,3-4H2,1-2H3,(H,8,10)/t5-/m1/s1. The third-order valence-electron chi connectivity index (χ3n) is 1.62. The quantitative estimate of drug-likeness (QED) is 0.463. The number of carbonyl (C=O) groups is 2. The van der Waals surface area contributed by atoms with Gasteiger partial charge in [-0.15, -0.1) is 0 Å². The molecule has 11 heavy (non-hydrogen) atoms. The largest absolute Gasteiger partial charge is 0.300 e. The highest BCUT2D eigenvalue weighted by Crippen LogP contribution is 2.05. The summed E-state index contributed by atoms with van der Waals surface area (Å²) in [7, 11) is 0. The van der Waals surface area contributed by atoms with Gasteiger partial charge in [-0.1, -0.05) is 6.92 Å². The number of hydroxylamine groups is 1. The van der Waals surface area contributed by atoms with Gasteiger partial charge in [-0.05, 0) is 13.3 Å². The number of amides is 1. The van der Waals surface area contributed by atoms with Gasteiger partial charge in [0.25, 0.3) is 0 Å². The van der Waals surface area contributed by atoms with E-state index < -0.39 is 5.91 Å². The third kappa shape index (κ3) is 4.50. The molecule has 0 spiro atoms. The van der Waals surface area contributed by atoms with Crippen LogP contribution in [0.3, 0.4) is 0 Å². The zero-order chi connectivity index (χ0) is 8.85. The molecule has 0 unspecified atom stereocenters. The predicted octanol–water partition coefficient (Wildman–Crippen LogP) is 0.497. The van der Waals surface area contributed by atoms with Crippen LogP contribution in [0.1, 0.15) is 26.7 Å². The molecule has 0 aromatic heterocycles. The van der Waals surface area contributed by atoms with E-state index >= 15 is 0 Å². The molecule has 0 saturated carbocycles. The Morgan fingerprint density at radius 2 is 2.09 bits per heavy atom. The molecule has 0 rings (SSSR count). The summed E-state index contributed by atoms with van der Waals surface area (Å²) >= 11 is 0. The van der Waals surface area contributed by atoms with E-state index in [4.69, 9.17) is 5.21 Å². The molecule has 2 N–H and O–H groups in total. The van der Waals surface area contributed by atoms with Gasteiger partial charge in [-0.25, -0.2) is 5.48 Å². The Hall–Kier alpha value is -0.900. The minimum absolute atomic E-state index is 0.0655. The van der Waals surface area contributed by atoms with E-state index in [-0.39, 0.29) is 18.1 Å². The first-order valence-corrected chi connectivity index (χ1v) is 3.51. The van der Waals surface area contributed by atoms with Gasteiger partial charge in [0, 0.05) is 12.3 Å². The fourth-order valence-electron chi connectivity index (χ4n) is 0.607. The minimum Gasteiger partial charge on any atom is -0.300 e.